The molecule has 2 aromatic heterocycles. The lowest BCUT2D eigenvalue weighted by molar-refractivity contribution is 0.585. The summed E-state index contributed by atoms with van der Waals surface area (Å²) >= 11 is 0. The number of aryl methyl sites for hydroxylation is 1. The molecule has 0 aromatic carbocycles. The maximum Gasteiger partial charge on any atom is 0.214 e. The van der Waals surface area contributed by atoms with E-state index in [1.165, 1.54) is 6.07 Å². The molecule has 0 bridgehead atoms. The Bertz CT molecular complexity index is 443. The highest BCUT2D eigenvalue weighted by Gasteiger charge is 1.99. The first-order valence-electron chi connectivity index (χ1n) is 4.15. The lowest BCUT2D eigenvalue weighted by Crippen LogP contribution is -1.94. The summed E-state index contributed by atoms with van der Waals surface area (Å²) in [5.41, 5.74) is 0.934. The molecule has 0 fully saturated rings. The van der Waals surface area contributed by atoms with E-state index in [1.807, 2.05) is 13.0 Å². The molecule has 15 heavy (non-hydrogen) atoms. The predicted molar refractivity (Wildman–Crippen MR) is 58.1 cm³/mol. The van der Waals surface area contributed by atoms with Crippen molar-refractivity contribution in [3.05, 3.63) is 35.9 Å². The summed E-state index contributed by atoms with van der Waals surface area (Å²) in [6.45, 7) is 1.89. The Kier molecular flexibility index (Phi) is 3.62. The fourth-order valence-electron chi connectivity index (χ4n) is 1.09. The lowest BCUT2D eigenvalue weighted by Gasteiger charge is -1.99. The molecule has 0 aliphatic rings. The zero-order valence-electron chi connectivity index (χ0n) is 7.99. The minimum absolute atomic E-state index is 0. The SMILES string of the molecule is Cc1cc(Nc2cccc(F)n2)n[nH]1.Cl. The summed E-state index contributed by atoms with van der Waals surface area (Å²) in [5.74, 6) is 0.555. The van der Waals surface area contributed by atoms with Gasteiger partial charge in [0, 0.05) is 11.8 Å². The molecule has 0 aliphatic heterocycles. The van der Waals surface area contributed by atoms with Crippen molar-refractivity contribution in [1.82, 2.24) is 15.2 Å². The number of anilines is 2. The quantitative estimate of drug-likeness (QED) is 0.777. The molecule has 2 heterocycles. The maximum absolute atomic E-state index is 12.7. The molecule has 80 valence electrons. The third kappa shape index (κ3) is 2.92. The first-order chi connectivity index (χ1) is 6.74. The van der Waals surface area contributed by atoms with E-state index in [-0.39, 0.29) is 12.4 Å². The van der Waals surface area contributed by atoms with E-state index in [4.69, 9.17) is 0 Å². The normalized spacial score (nSPS) is 9.47. The fourth-order valence-corrected chi connectivity index (χ4v) is 1.09. The third-order valence-electron chi connectivity index (χ3n) is 1.68. The Balaban J connectivity index is 0.00000112. The maximum atomic E-state index is 12.7. The summed E-state index contributed by atoms with van der Waals surface area (Å²) in [4.78, 5) is 3.65. The van der Waals surface area contributed by atoms with Gasteiger partial charge in [-0.2, -0.15) is 9.49 Å². The van der Waals surface area contributed by atoms with Gasteiger partial charge in [-0.3, -0.25) is 5.10 Å². The van der Waals surface area contributed by atoms with Crippen molar-refractivity contribution in [3.8, 4) is 0 Å². The van der Waals surface area contributed by atoms with Gasteiger partial charge < -0.3 is 5.32 Å². The van der Waals surface area contributed by atoms with E-state index in [2.05, 4.69) is 20.5 Å². The molecule has 2 rings (SSSR count). The van der Waals surface area contributed by atoms with E-state index in [0.717, 1.165) is 5.69 Å². The van der Waals surface area contributed by atoms with Crippen LogP contribution < -0.4 is 5.32 Å². The van der Waals surface area contributed by atoms with E-state index < -0.39 is 5.95 Å². The van der Waals surface area contributed by atoms with Crippen LogP contribution in [0.5, 0.6) is 0 Å². The minimum Gasteiger partial charge on any atom is -0.323 e. The van der Waals surface area contributed by atoms with Gasteiger partial charge in [-0.25, -0.2) is 4.98 Å². The Morgan fingerprint density at radius 3 is 2.73 bits per heavy atom. The Morgan fingerprint density at radius 2 is 2.13 bits per heavy atom. The van der Waals surface area contributed by atoms with Gasteiger partial charge in [-0.1, -0.05) is 6.07 Å². The Morgan fingerprint density at radius 1 is 1.33 bits per heavy atom. The number of hydrogen-bond acceptors (Lipinski definition) is 3. The van der Waals surface area contributed by atoms with Crippen LogP contribution >= 0.6 is 12.4 Å². The van der Waals surface area contributed by atoms with Crippen molar-refractivity contribution < 1.29 is 4.39 Å². The second-order valence-corrected chi connectivity index (χ2v) is 2.91. The molecule has 0 atom stereocenters. The molecular weight excluding hydrogens is 219 g/mol. The van der Waals surface area contributed by atoms with Crippen molar-refractivity contribution in [2.75, 3.05) is 5.32 Å². The largest absolute Gasteiger partial charge is 0.323 e. The minimum atomic E-state index is -0.512. The molecule has 0 saturated heterocycles. The molecular formula is C9H10ClFN4. The number of aromatic amines is 1. The number of nitrogens with one attached hydrogen (secondary N) is 2. The van der Waals surface area contributed by atoms with Crippen LogP contribution in [0.4, 0.5) is 16.0 Å². The first-order valence-corrected chi connectivity index (χ1v) is 4.15. The highest BCUT2D eigenvalue weighted by molar-refractivity contribution is 5.85. The predicted octanol–water partition coefficient (Wildman–Crippen LogP) is 2.42. The van der Waals surface area contributed by atoms with E-state index in [9.17, 15) is 4.39 Å². The van der Waals surface area contributed by atoms with Crippen LogP contribution in [-0.4, -0.2) is 15.2 Å². The average molecular weight is 229 g/mol. The average Bonchev–Trinajstić information content (AvgIpc) is 2.51. The Labute approximate surface area is 92.3 Å². The molecule has 2 N–H and O–H groups in total. The number of H-pyrrole nitrogens is 1. The standard InChI is InChI=1S/C9H9FN4.ClH/c1-6-5-9(14-13-6)12-8-4-2-3-7(10)11-8;/h2-5H,1H3,(H2,11,12,13,14);1H. The molecule has 2 aromatic rings. The van der Waals surface area contributed by atoms with Crippen molar-refractivity contribution in [1.29, 1.82) is 0 Å². The van der Waals surface area contributed by atoms with Gasteiger partial charge in [0.25, 0.3) is 0 Å². The van der Waals surface area contributed by atoms with Crippen LogP contribution in [0.15, 0.2) is 24.3 Å². The number of halogens is 2. The highest BCUT2D eigenvalue weighted by Crippen LogP contribution is 2.12. The topological polar surface area (TPSA) is 53.6 Å². The van der Waals surface area contributed by atoms with Gasteiger partial charge in [0.1, 0.15) is 5.82 Å². The Hall–Kier alpha value is -1.62. The van der Waals surface area contributed by atoms with Gasteiger partial charge in [0.15, 0.2) is 5.82 Å². The van der Waals surface area contributed by atoms with E-state index in [0.29, 0.717) is 11.6 Å². The lowest BCUT2D eigenvalue weighted by atomic mass is 10.4. The van der Waals surface area contributed by atoms with Crippen LogP contribution in [0.2, 0.25) is 0 Å². The van der Waals surface area contributed by atoms with Crippen LogP contribution in [0.25, 0.3) is 0 Å². The zero-order chi connectivity index (χ0) is 9.97. The molecule has 0 radical (unpaired) electrons. The van der Waals surface area contributed by atoms with Gasteiger partial charge in [0.05, 0.1) is 0 Å². The molecule has 0 spiro atoms. The zero-order valence-corrected chi connectivity index (χ0v) is 8.81. The van der Waals surface area contributed by atoms with E-state index in [1.54, 1.807) is 12.1 Å². The number of pyridine rings is 1. The fraction of sp³-hybridized carbons (Fsp3) is 0.111. The van der Waals surface area contributed by atoms with Crippen LogP contribution in [-0.2, 0) is 0 Å². The number of aromatic nitrogens is 3. The van der Waals surface area contributed by atoms with Gasteiger partial charge in [-0.05, 0) is 19.1 Å². The second kappa shape index (κ2) is 4.75. The smallest absolute Gasteiger partial charge is 0.214 e. The summed E-state index contributed by atoms with van der Waals surface area (Å²) in [6.07, 6.45) is 0. The molecule has 4 nitrogen and oxygen atoms in total. The van der Waals surface area contributed by atoms with Crippen LogP contribution in [0.1, 0.15) is 5.69 Å². The molecule has 0 saturated carbocycles. The molecule has 0 aliphatic carbocycles. The molecule has 6 heteroatoms. The monoisotopic (exact) mass is 228 g/mol. The van der Waals surface area contributed by atoms with E-state index >= 15 is 0 Å². The summed E-state index contributed by atoms with van der Waals surface area (Å²) in [6, 6.07) is 6.37. The van der Waals surface area contributed by atoms with Crippen molar-refractivity contribution in [2.45, 2.75) is 6.92 Å². The first kappa shape index (κ1) is 11.5. The third-order valence-corrected chi connectivity index (χ3v) is 1.68. The second-order valence-electron chi connectivity index (χ2n) is 2.91. The number of nitrogens with zero attached hydrogens (tertiary/aromatic N) is 2. The summed E-state index contributed by atoms with van der Waals surface area (Å²) in [7, 11) is 0. The summed E-state index contributed by atoms with van der Waals surface area (Å²) < 4.78 is 12.7. The van der Waals surface area contributed by atoms with Gasteiger partial charge >= 0.3 is 0 Å². The highest BCUT2D eigenvalue weighted by atomic mass is 35.5. The summed E-state index contributed by atoms with van der Waals surface area (Å²) in [5, 5.41) is 9.58. The van der Waals surface area contributed by atoms with Crippen molar-refractivity contribution >= 4 is 24.0 Å². The van der Waals surface area contributed by atoms with Crippen molar-refractivity contribution in [2.24, 2.45) is 0 Å². The van der Waals surface area contributed by atoms with Gasteiger partial charge in [-0.15, -0.1) is 12.4 Å². The van der Waals surface area contributed by atoms with Crippen LogP contribution in [0.3, 0.4) is 0 Å². The van der Waals surface area contributed by atoms with Crippen LogP contribution in [0, 0.1) is 12.9 Å². The van der Waals surface area contributed by atoms with Crippen molar-refractivity contribution in [3.63, 3.8) is 0 Å². The van der Waals surface area contributed by atoms with Gasteiger partial charge in [0.2, 0.25) is 5.95 Å². The number of hydrogen-bond donors (Lipinski definition) is 2. The molecule has 0 amide bonds. The number of rotatable bonds is 2. The molecule has 0 unspecified atom stereocenters.